The number of piperidine rings is 1. The van der Waals surface area contributed by atoms with Crippen LogP contribution in [0.4, 0.5) is 11.4 Å². The lowest BCUT2D eigenvalue weighted by Gasteiger charge is -2.31. The van der Waals surface area contributed by atoms with Gasteiger partial charge in [-0.25, -0.2) is 9.78 Å². The number of rotatable bonds is 13. The summed E-state index contributed by atoms with van der Waals surface area (Å²) in [7, 11) is 3.97. The molecule has 252 valence electrons. The van der Waals surface area contributed by atoms with Gasteiger partial charge in [0.15, 0.2) is 0 Å². The summed E-state index contributed by atoms with van der Waals surface area (Å²) < 4.78 is 17.0. The van der Waals surface area contributed by atoms with Crippen molar-refractivity contribution in [1.29, 1.82) is 0 Å². The Morgan fingerprint density at radius 2 is 1.90 bits per heavy atom. The van der Waals surface area contributed by atoms with Gasteiger partial charge >= 0.3 is 5.97 Å². The van der Waals surface area contributed by atoms with Crippen LogP contribution in [0.1, 0.15) is 54.2 Å². The topological polar surface area (TPSA) is 122 Å². The van der Waals surface area contributed by atoms with E-state index < -0.39 is 5.97 Å². The fourth-order valence-corrected chi connectivity index (χ4v) is 6.34. The van der Waals surface area contributed by atoms with E-state index in [1.807, 2.05) is 48.2 Å². The number of ether oxygens (including phenoxy) is 3. The molecule has 2 amide bonds. The van der Waals surface area contributed by atoms with Crippen molar-refractivity contribution in [3.63, 3.8) is 0 Å². The number of hydrogen-bond acceptors (Lipinski definition) is 9. The first-order valence-electron chi connectivity index (χ1n) is 16.2. The van der Waals surface area contributed by atoms with Gasteiger partial charge in [-0.1, -0.05) is 12.0 Å². The number of nitrogens with one attached hydrogen (secondary N) is 2. The molecule has 0 radical (unpaired) electrons. The number of aromatic nitrogens is 1. The van der Waals surface area contributed by atoms with Crippen LogP contribution in [0.25, 0.3) is 0 Å². The molecule has 0 saturated carbocycles. The number of terminal acetylenes is 1. The highest BCUT2D eigenvalue weighted by atomic mass is 31.0. The number of benzene rings is 2. The largest absolute Gasteiger partial charge is 0.487 e. The van der Waals surface area contributed by atoms with Gasteiger partial charge in [-0.3, -0.25) is 14.5 Å². The van der Waals surface area contributed by atoms with Crippen molar-refractivity contribution in [3.8, 4) is 24.0 Å². The molecule has 1 aromatic heterocycles. The minimum Gasteiger partial charge on any atom is -0.487 e. The molecule has 2 saturated heterocycles. The highest BCUT2D eigenvalue weighted by Crippen LogP contribution is 2.26. The number of carbonyl (C=O) groups is 3. The average molecular weight is 672 g/mol. The second-order valence-corrected chi connectivity index (χ2v) is 12.4. The third-order valence-corrected chi connectivity index (χ3v) is 9.01. The predicted octanol–water partition coefficient (Wildman–Crippen LogP) is 3.83. The zero-order valence-corrected chi connectivity index (χ0v) is 28.5. The van der Waals surface area contributed by atoms with E-state index in [2.05, 4.69) is 35.7 Å². The van der Waals surface area contributed by atoms with Crippen molar-refractivity contribution in [1.82, 2.24) is 14.8 Å². The molecule has 2 unspecified atom stereocenters. The summed E-state index contributed by atoms with van der Waals surface area (Å²) >= 11 is 0. The predicted molar refractivity (Wildman–Crippen MR) is 188 cm³/mol. The van der Waals surface area contributed by atoms with Gasteiger partial charge in [-0.2, -0.15) is 0 Å². The van der Waals surface area contributed by atoms with Gasteiger partial charge in [-0.15, -0.1) is 15.7 Å². The van der Waals surface area contributed by atoms with Crippen molar-refractivity contribution >= 4 is 43.7 Å². The maximum Gasteiger partial charge on any atom is 0.337 e. The molecule has 2 aromatic carbocycles. The van der Waals surface area contributed by atoms with Crippen LogP contribution < -0.4 is 25.4 Å². The summed E-state index contributed by atoms with van der Waals surface area (Å²) in [6.07, 6.45) is 8.24. The SMILES string of the molecule is C#Cc1ccc(OCc2cccc(OC3CCN(CC(=O)Nc4ccc(C(=O)OC)cc4NCC4CCC(=O)N4CC)CC3)n2)c(P)c1. The number of pyridine rings is 1. The maximum absolute atomic E-state index is 13.1. The molecule has 48 heavy (non-hydrogen) atoms. The molecule has 2 aliphatic rings. The smallest absolute Gasteiger partial charge is 0.337 e. The van der Waals surface area contributed by atoms with Crippen molar-refractivity contribution in [3.05, 3.63) is 71.4 Å². The van der Waals surface area contributed by atoms with Crippen LogP contribution in [0.5, 0.6) is 11.6 Å². The van der Waals surface area contributed by atoms with Crippen molar-refractivity contribution in [2.45, 2.75) is 51.4 Å². The molecular weight excluding hydrogens is 629 g/mol. The lowest BCUT2D eigenvalue weighted by Crippen LogP contribution is -2.42. The van der Waals surface area contributed by atoms with E-state index in [1.54, 1.807) is 18.2 Å². The molecule has 3 aromatic rings. The van der Waals surface area contributed by atoms with Crippen LogP contribution >= 0.6 is 9.24 Å². The Labute approximate surface area is 283 Å². The van der Waals surface area contributed by atoms with Gasteiger partial charge in [0.05, 0.1) is 36.3 Å². The molecule has 5 rings (SSSR count). The molecule has 11 nitrogen and oxygen atoms in total. The number of nitrogens with zero attached hydrogens (tertiary/aromatic N) is 3. The Hall–Kier alpha value is -4.65. The second kappa shape index (κ2) is 16.4. The van der Waals surface area contributed by atoms with Gasteiger partial charge < -0.3 is 29.7 Å². The first kappa shape index (κ1) is 34.7. The standard InChI is InChI=1S/C36H42N5O6P/c1-4-24-9-13-31(32(48)19-24)46-23-26-7-6-8-34(38-26)47-28-15-17-40(18-16-28)22-33(42)39-29-12-10-25(36(44)45-3)20-30(29)37-21-27-11-14-35(43)41(27)5-2/h1,6-10,12-13,19-20,27-28,37H,5,11,14-18,21-23,48H2,2-3H3,(H,39,42). The molecule has 3 heterocycles. The van der Waals surface area contributed by atoms with Gasteiger partial charge in [-0.05, 0) is 68.7 Å². The number of hydrogen-bond donors (Lipinski definition) is 2. The Bertz CT molecular complexity index is 1670. The maximum atomic E-state index is 13.1. The minimum absolute atomic E-state index is 0.0187. The highest BCUT2D eigenvalue weighted by molar-refractivity contribution is 7.27. The van der Waals surface area contributed by atoms with Crippen LogP contribution in [0.3, 0.4) is 0 Å². The third-order valence-electron chi connectivity index (χ3n) is 8.56. The van der Waals surface area contributed by atoms with Crippen LogP contribution in [-0.2, 0) is 20.9 Å². The lowest BCUT2D eigenvalue weighted by molar-refractivity contribution is -0.128. The first-order valence-corrected chi connectivity index (χ1v) is 16.7. The van der Waals surface area contributed by atoms with E-state index in [-0.39, 0.29) is 30.5 Å². The zero-order chi connectivity index (χ0) is 34.0. The first-order chi connectivity index (χ1) is 23.3. The number of likely N-dealkylation sites (tertiary alicyclic amines) is 2. The Balaban J connectivity index is 1.11. The third kappa shape index (κ3) is 9.03. The van der Waals surface area contributed by atoms with Crippen molar-refractivity contribution in [2.75, 3.05) is 50.5 Å². The van der Waals surface area contributed by atoms with Crippen LogP contribution in [0.15, 0.2) is 54.6 Å². The second-order valence-electron chi connectivity index (χ2n) is 11.8. The lowest BCUT2D eigenvalue weighted by atomic mass is 10.1. The van der Waals surface area contributed by atoms with Crippen LogP contribution in [0, 0.1) is 12.3 Å². The monoisotopic (exact) mass is 671 g/mol. The number of carbonyl (C=O) groups excluding carboxylic acids is 3. The average Bonchev–Trinajstić information content (AvgIpc) is 3.46. The molecule has 0 bridgehead atoms. The molecule has 0 spiro atoms. The fraction of sp³-hybridized carbons (Fsp3) is 0.389. The van der Waals surface area contributed by atoms with Gasteiger partial charge in [0.25, 0.3) is 0 Å². The summed E-state index contributed by atoms with van der Waals surface area (Å²) in [5.74, 6) is 3.39. The summed E-state index contributed by atoms with van der Waals surface area (Å²) in [6.45, 7) is 5.01. The van der Waals surface area contributed by atoms with E-state index in [1.165, 1.54) is 7.11 Å². The van der Waals surface area contributed by atoms with E-state index in [0.29, 0.717) is 62.0 Å². The molecule has 0 aliphatic carbocycles. The summed E-state index contributed by atoms with van der Waals surface area (Å²) in [4.78, 5) is 46.1. The van der Waals surface area contributed by atoms with Gasteiger partial charge in [0.1, 0.15) is 18.5 Å². The zero-order valence-electron chi connectivity index (χ0n) is 27.4. The number of likely N-dealkylation sites (N-methyl/N-ethyl adjacent to an activating group) is 1. The molecule has 12 heteroatoms. The van der Waals surface area contributed by atoms with Crippen molar-refractivity contribution in [2.24, 2.45) is 0 Å². The van der Waals surface area contributed by atoms with Crippen molar-refractivity contribution < 1.29 is 28.6 Å². The minimum atomic E-state index is -0.469. The Morgan fingerprint density at radius 1 is 1.08 bits per heavy atom. The van der Waals surface area contributed by atoms with E-state index in [9.17, 15) is 14.4 Å². The number of anilines is 2. The molecule has 2 atom stereocenters. The fourth-order valence-electron chi connectivity index (χ4n) is 5.99. The molecule has 2 aliphatic heterocycles. The van der Waals surface area contributed by atoms with Crippen LogP contribution in [0.2, 0.25) is 0 Å². The van der Waals surface area contributed by atoms with E-state index >= 15 is 0 Å². The van der Waals surface area contributed by atoms with Gasteiger partial charge in [0, 0.05) is 55.6 Å². The Morgan fingerprint density at radius 3 is 2.62 bits per heavy atom. The summed E-state index contributed by atoms with van der Waals surface area (Å²) in [5, 5.41) is 7.24. The Kier molecular flexibility index (Phi) is 11.9. The molecule has 2 fully saturated rings. The van der Waals surface area contributed by atoms with E-state index in [0.717, 1.165) is 41.6 Å². The van der Waals surface area contributed by atoms with Gasteiger partial charge in [0.2, 0.25) is 17.7 Å². The quantitative estimate of drug-likeness (QED) is 0.159. The number of methoxy groups -OCH3 is 1. The number of esters is 1. The summed E-state index contributed by atoms with van der Waals surface area (Å²) in [5.41, 5.74) is 3.07. The van der Waals surface area contributed by atoms with E-state index in [4.69, 9.17) is 20.6 Å². The normalized spacial score (nSPS) is 16.7. The highest BCUT2D eigenvalue weighted by Gasteiger charge is 2.29. The van der Waals surface area contributed by atoms with Crippen LogP contribution in [-0.4, -0.2) is 84.5 Å². The molecular formula is C36H42N5O6P. The number of amides is 2. The summed E-state index contributed by atoms with van der Waals surface area (Å²) in [6, 6.07) is 16.2. The molecule has 2 N–H and O–H groups in total.